The van der Waals surface area contributed by atoms with Gasteiger partial charge < -0.3 is 10.1 Å². The van der Waals surface area contributed by atoms with Gasteiger partial charge in [-0.3, -0.25) is 0 Å². The normalized spacial score (nSPS) is 9.56. The summed E-state index contributed by atoms with van der Waals surface area (Å²) >= 11 is 0. The maximum absolute atomic E-state index is 5.43. The smallest absolute Gasteiger partial charge is 0.213 e. The Morgan fingerprint density at radius 3 is 2.33 bits per heavy atom. The lowest BCUT2D eigenvalue weighted by Crippen LogP contribution is -2.20. The van der Waals surface area contributed by atoms with Gasteiger partial charge in [0.25, 0.3) is 0 Å². The zero-order chi connectivity index (χ0) is 13.6. The van der Waals surface area contributed by atoms with Gasteiger partial charge in [-0.1, -0.05) is 46.6 Å². The predicted octanol–water partition coefficient (Wildman–Crippen LogP) is 3.68. The summed E-state index contributed by atoms with van der Waals surface area (Å²) in [5.74, 6) is 0.708. The topological polar surface area (TPSA) is 34.1 Å². The Labute approximate surface area is 113 Å². The summed E-state index contributed by atoms with van der Waals surface area (Å²) in [6.45, 7) is 11.1. The van der Waals surface area contributed by atoms with E-state index in [0.717, 1.165) is 19.5 Å². The van der Waals surface area contributed by atoms with Crippen molar-refractivity contribution < 1.29 is 6.16 Å². The maximum Gasteiger partial charge on any atom is 0.213 e. The van der Waals surface area contributed by atoms with Gasteiger partial charge in [0.05, 0.1) is 0 Å². The van der Waals surface area contributed by atoms with Crippen molar-refractivity contribution in [3.63, 3.8) is 0 Å². The van der Waals surface area contributed by atoms with Crippen molar-refractivity contribution in [3.05, 3.63) is 23.9 Å². The van der Waals surface area contributed by atoms with E-state index in [1.165, 1.54) is 18.4 Å². The van der Waals surface area contributed by atoms with Gasteiger partial charge in [-0.2, -0.15) is 0 Å². The van der Waals surface area contributed by atoms with Gasteiger partial charge in [-0.15, -0.1) is 0 Å². The molecular weight excluding hydrogens is 224 g/mol. The minimum absolute atomic E-state index is 0. The van der Waals surface area contributed by atoms with Crippen LogP contribution in [0.5, 0.6) is 5.88 Å². The monoisotopic (exact) mass is 254 g/mol. The fraction of sp³-hybridized carbons (Fsp3) is 0.667. The molecule has 1 rings (SSSR count). The highest BCUT2D eigenvalue weighted by atomic mass is 16.5. The summed E-state index contributed by atoms with van der Waals surface area (Å²) in [6, 6.07) is 3.97. The number of hydrogen-bond acceptors (Lipinski definition) is 3. The number of nitrogens with zero attached hydrogens (tertiary/aromatic N) is 1. The molecule has 0 bridgehead atoms. The van der Waals surface area contributed by atoms with Gasteiger partial charge in [0.2, 0.25) is 5.88 Å². The third-order valence-electron chi connectivity index (χ3n) is 2.48. The standard InChI is InChI=1S/C11H18N2O.C4H10.H2/c1-3-10-5-6-11(13-9-10)14-8-7-12-4-2;1-3-4-2;/h5-6,9,12H,3-4,7-8H2,1-2H3;3-4H2,1-2H3;1H. The van der Waals surface area contributed by atoms with Crippen molar-refractivity contribution >= 4 is 0 Å². The zero-order valence-electron chi connectivity index (χ0n) is 12.3. The molecule has 0 aromatic carbocycles. The van der Waals surface area contributed by atoms with E-state index in [1.54, 1.807) is 0 Å². The Kier molecular flexibility index (Phi) is 11.6. The van der Waals surface area contributed by atoms with Crippen molar-refractivity contribution in [3.8, 4) is 5.88 Å². The number of likely N-dealkylation sites (N-methyl/N-ethyl adjacent to an activating group) is 1. The first-order valence-corrected chi connectivity index (χ1v) is 7.06. The van der Waals surface area contributed by atoms with Crippen LogP contribution in [0.1, 0.15) is 47.5 Å². The Hall–Kier alpha value is -1.09. The van der Waals surface area contributed by atoms with Crippen LogP contribution in [0.15, 0.2) is 18.3 Å². The maximum atomic E-state index is 5.43. The zero-order valence-corrected chi connectivity index (χ0v) is 12.3. The van der Waals surface area contributed by atoms with Crippen molar-refractivity contribution in [2.45, 2.75) is 47.0 Å². The van der Waals surface area contributed by atoms with Gasteiger partial charge in [-0.25, -0.2) is 4.98 Å². The second kappa shape index (κ2) is 12.4. The molecule has 106 valence electrons. The second-order valence-corrected chi connectivity index (χ2v) is 4.06. The highest BCUT2D eigenvalue weighted by Gasteiger charge is 1.94. The van der Waals surface area contributed by atoms with Crippen LogP contribution in [0.4, 0.5) is 0 Å². The molecule has 1 N–H and O–H groups in total. The molecule has 0 radical (unpaired) electrons. The molecule has 3 nitrogen and oxygen atoms in total. The third-order valence-corrected chi connectivity index (χ3v) is 2.48. The van der Waals surface area contributed by atoms with Gasteiger partial charge >= 0.3 is 0 Å². The van der Waals surface area contributed by atoms with Crippen molar-refractivity contribution in [2.75, 3.05) is 19.7 Å². The molecule has 0 amide bonds. The summed E-state index contributed by atoms with van der Waals surface area (Å²) < 4.78 is 5.43. The summed E-state index contributed by atoms with van der Waals surface area (Å²) in [7, 11) is 0. The molecule has 1 aromatic rings. The highest BCUT2D eigenvalue weighted by Crippen LogP contribution is 2.07. The van der Waals surface area contributed by atoms with Gasteiger partial charge in [0.1, 0.15) is 6.61 Å². The summed E-state index contributed by atoms with van der Waals surface area (Å²) in [5.41, 5.74) is 1.24. The number of unbranched alkanes of at least 4 members (excludes halogenated alkanes) is 1. The van der Waals surface area contributed by atoms with E-state index < -0.39 is 0 Å². The molecule has 0 saturated carbocycles. The third kappa shape index (κ3) is 8.99. The van der Waals surface area contributed by atoms with E-state index in [0.29, 0.717) is 12.5 Å². The van der Waals surface area contributed by atoms with Gasteiger partial charge in [-0.05, 0) is 18.5 Å². The van der Waals surface area contributed by atoms with E-state index in [4.69, 9.17) is 4.74 Å². The van der Waals surface area contributed by atoms with Crippen LogP contribution in [0.3, 0.4) is 0 Å². The van der Waals surface area contributed by atoms with Gasteiger partial charge in [0, 0.05) is 20.2 Å². The summed E-state index contributed by atoms with van der Waals surface area (Å²) in [4.78, 5) is 4.20. The molecule has 0 spiro atoms. The molecule has 0 saturated heterocycles. The number of pyridine rings is 1. The van der Waals surface area contributed by atoms with E-state index in [-0.39, 0.29) is 1.43 Å². The Balaban J connectivity index is 0. The van der Waals surface area contributed by atoms with Crippen LogP contribution in [0, 0.1) is 0 Å². The first kappa shape index (κ1) is 16.9. The number of aryl methyl sites for hydroxylation is 1. The average Bonchev–Trinajstić information content (AvgIpc) is 2.44. The molecule has 0 fully saturated rings. The van der Waals surface area contributed by atoms with Crippen LogP contribution in [-0.4, -0.2) is 24.7 Å². The van der Waals surface area contributed by atoms with E-state index in [2.05, 4.69) is 44.1 Å². The second-order valence-electron chi connectivity index (χ2n) is 4.06. The summed E-state index contributed by atoms with van der Waals surface area (Å²) in [5, 5.41) is 3.19. The largest absolute Gasteiger partial charge is 0.476 e. The van der Waals surface area contributed by atoms with Gasteiger partial charge in [0.15, 0.2) is 0 Å². The van der Waals surface area contributed by atoms with E-state index in [9.17, 15) is 0 Å². The number of nitrogens with one attached hydrogen (secondary N) is 1. The predicted molar refractivity (Wildman–Crippen MR) is 80.3 cm³/mol. The molecule has 1 heterocycles. The van der Waals surface area contributed by atoms with Crippen LogP contribution >= 0.6 is 0 Å². The van der Waals surface area contributed by atoms with E-state index in [1.807, 2.05) is 12.3 Å². The molecule has 3 heteroatoms. The quantitative estimate of drug-likeness (QED) is 0.754. The molecule has 0 unspecified atom stereocenters. The molecular formula is C15H30N2O. The molecule has 0 aliphatic carbocycles. The van der Waals surface area contributed by atoms with Crippen LogP contribution < -0.4 is 10.1 Å². The highest BCUT2D eigenvalue weighted by molar-refractivity contribution is 5.17. The molecule has 1 aromatic heterocycles. The van der Waals surface area contributed by atoms with E-state index >= 15 is 0 Å². The minimum atomic E-state index is 0. The van der Waals surface area contributed by atoms with Crippen molar-refractivity contribution in [1.29, 1.82) is 0 Å². The fourth-order valence-corrected chi connectivity index (χ4v) is 1.11. The lowest BCUT2D eigenvalue weighted by Gasteiger charge is -2.05. The minimum Gasteiger partial charge on any atom is -0.476 e. The lowest BCUT2D eigenvalue weighted by molar-refractivity contribution is 0.303. The Bertz CT molecular complexity index is 276. The number of ether oxygens (including phenoxy) is 1. The number of hydrogen-bond donors (Lipinski definition) is 1. The average molecular weight is 254 g/mol. The van der Waals surface area contributed by atoms with Crippen LogP contribution in [0.25, 0.3) is 0 Å². The number of rotatable bonds is 7. The lowest BCUT2D eigenvalue weighted by atomic mass is 10.2. The SMILES string of the molecule is CCCC.CCNCCOc1ccc(CC)cn1.[HH]. The Morgan fingerprint density at radius 2 is 1.89 bits per heavy atom. The van der Waals surface area contributed by atoms with Crippen molar-refractivity contribution in [1.82, 2.24) is 10.3 Å². The van der Waals surface area contributed by atoms with Crippen molar-refractivity contribution in [2.24, 2.45) is 0 Å². The first-order valence-electron chi connectivity index (χ1n) is 7.06. The number of aromatic nitrogens is 1. The first-order chi connectivity index (χ1) is 8.78. The summed E-state index contributed by atoms with van der Waals surface area (Å²) in [6.07, 6.45) is 5.52. The van der Waals surface area contributed by atoms with Crippen LogP contribution in [0.2, 0.25) is 0 Å². The molecule has 0 aliphatic heterocycles. The molecule has 0 aliphatic rings. The fourth-order valence-electron chi connectivity index (χ4n) is 1.11. The molecule has 0 atom stereocenters. The Morgan fingerprint density at radius 1 is 1.17 bits per heavy atom. The van der Waals surface area contributed by atoms with Crippen LogP contribution in [-0.2, 0) is 6.42 Å². The molecule has 18 heavy (non-hydrogen) atoms.